The van der Waals surface area contributed by atoms with E-state index in [-0.39, 0.29) is 23.6 Å². The lowest BCUT2D eigenvalue weighted by Gasteiger charge is -2.17. The van der Waals surface area contributed by atoms with Gasteiger partial charge in [-0.25, -0.2) is 0 Å². The van der Waals surface area contributed by atoms with Gasteiger partial charge in [-0.3, -0.25) is 9.59 Å². The third kappa shape index (κ3) is 0.958. The van der Waals surface area contributed by atoms with E-state index in [2.05, 4.69) is 4.74 Å². The predicted molar refractivity (Wildman–Crippen MR) is 41.3 cm³/mol. The van der Waals surface area contributed by atoms with Crippen LogP contribution in [-0.2, 0) is 14.3 Å². The van der Waals surface area contributed by atoms with E-state index >= 15 is 0 Å². The average molecular weight is 168 g/mol. The smallest absolute Gasteiger partial charge is 0.309 e. The van der Waals surface area contributed by atoms with Crippen molar-refractivity contribution in [2.24, 2.45) is 17.8 Å². The maximum absolute atomic E-state index is 11.3. The Balaban J connectivity index is 2.12. The quantitative estimate of drug-likeness (QED) is 0.543. The van der Waals surface area contributed by atoms with Gasteiger partial charge in [0.2, 0.25) is 0 Å². The highest BCUT2D eigenvalue weighted by Crippen LogP contribution is 2.46. The summed E-state index contributed by atoms with van der Waals surface area (Å²) >= 11 is 0. The minimum atomic E-state index is -0.199. The van der Waals surface area contributed by atoms with Crippen molar-refractivity contribution in [1.82, 2.24) is 0 Å². The van der Waals surface area contributed by atoms with Crippen LogP contribution in [0.3, 0.4) is 0 Å². The van der Waals surface area contributed by atoms with E-state index in [1.54, 1.807) is 0 Å². The molecule has 66 valence electrons. The number of carbonyl (C=O) groups excluding carboxylic acids is 2. The van der Waals surface area contributed by atoms with Crippen molar-refractivity contribution in [2.75, 3.05) is 7.11 Å². The van der Waals surface area contributed by atoms with Gasteiger partial charge in [-0.15, -0.1) is 0 Å². The molecule has 0 unspecified atom stereocenters. The number of methoxy groups -OCH3 is 1. The predicted octanol–water partition coefficient (Wildman–Crippen LogP) is 0.775. The molecule has 3 nitrogen and oxygen atoms in total. The van der Waals surface area contributed by atoms with Crippen LogP contribution in [0.1, 0.15) is 19.3 Å². The molecule has 0 radical (unpaired) electrons. The first-order chi connectivity index (χ1) is 5.72. The zero-order valence-corrected chi connectivity index (χ0v) is 7.08. The van der Waals surface area contributed by atoms with Gasteiger partial charge in [0, 0.05) is 12.3 Å². The first-order valence-electron chi connectivity index (χ1n) is 4.33. The normalized spacial score (nSPS) is 38.8. The Labute approximate surface area is 71.1 Å². The van der Waals surface area contributed by atoms with Crippen molar-refractivity contribution in [3.05, 3.63) is 0 Å². The number of esters is 1. The van der Waals surface area contributed by atoms with Crippen molar-refractivity contribution in [1.29, 1.82) is 0 Å². The average Bonchev–Trinajstić information content (AvgIpc) is 2.60. The Morgan fingerprint density at radius 2 is 2.25 bits per heavy atom. The summed E-state index contributed by atoms with van der Waals surface area (Å²) in [7, 11) is 1.39. The van der Waals surface area contributed by atoms with E-state index in [0.717, 1.165) is 12.8 Å². The fraction of sp³-hybridized carbons (Fsp3) is 0.778. The monoisotopic (exact) mass is 168 g/mol. The van der Waals surface area contributed by atoms with Crippen molar-refractivity contribution in [3.63, 3.8) is 0 Å². The van der Waals surface area contributed by atoms with Gasteiger partial charge in [0.15, 0.2) is 0 Å². The van der Waals surface area contributed by atoms with Gasteiger partial charge in [-0.2, -0.15) is 0 Å². The molecule has 0 N–H and O–H groups in total. The number of hydrogen-bond acceptors (Lipinski definition) is 3. The molecule has 3 heteroatoms. The summed E-state index contributed by atoms with van der Waals surface area (Å²) in [6, 6.07) is 0. The van der Waals surface area contributed by atoms with E-state index in [1.807, 2.05) is 0 Å². The second kappa shape index (κ2) is 2.57. The van der Waals surface area contributed by atoms with Crippen molar-refractivity contribution in [3.8, 4) is 0 Å². The minimum absolute atomic E-state index is 0.0116. The minimum Gasteiger partial charge on any atom is -0.469 e. The second-order valence-electron chi connectivity index (χ2n) is 3.74. The molecule has 2 rings (SSSR count). The molecule has 0 amide bonds. The van der Waals surface area contributed by atoms with Gasteiger partial charge in [0.05, 0.1) is 13.0 Å². The molecule has 0 spiro atoms. The van der Waals surface area contributed by atoms with E-state index in [9.17, 15) is 9.59 Å². The molecule has 2 aliphatic carbocycles. The summed E-state index contributed by atoms with van der Waals surface area (Å²) < 4.78 is 4.64. The molecule has 0 aromatic heterocycles. The highest BCUT2D eigenvalue weighted by Gasteiger charge is 2.48. The Morgan fingerprint density at radius 3 is 2.75 bits per heavy atom. The Hall–Kier alpha value is -0.860. The lowest BCUT2D eigenvalue weighted by molar-refractivity contribution is -0.149. The summed E-state index contributed by atoms with van der Waals surface area (Å²) in [6.07, 6.45) is 2.47. The summed E-state index contributed by atoms with van der Waals surface area (Å²) in [4.78, 5) is 22.4. The Kier molecular flexibility index (Phi) is 1.67. The topological polar surface area (TPSA) is 43.4 Å². The maximum atomic E-state index is 11.3. The molecule has 3 atom stereocenters. The molecular formula is C9H12O3. The summed E-state index contributed by atoms with van der Waals surface area (Å²) in [5.41, 5.74) is 0. The number of ether oxygens (including phenoxy) is 1. The van der Waals surface area contributed by atoms with Crippen LogP contribution in [0, 0.1) is 17.8 Å². The van der Waals surface area contributed by atoms with Gasteiger partial charge in [-0.1, -0.05) is 0 Å². The van der Waals surface area contributed by atoms with Crippen molar-refractivity contribution < 1.29 is 14.3 Å². The van der Waals surface area contributed by atoms with E-state index in [1.165, 1.54) is 7.11 Å². The molecule has 0 heterocycles. The number of carbonyl (C=O) groups is 2. The molecule has 2 bridgehead atoms. The third-order valence-corrected chi connectivity index (χ3v) is 3.07. The molecule has 0 aliphatic heterocycles. The summed E-state index contributed by atoms with van der Waals surface area (Å²) in [6.45, 7) is 0. The van der Waals surface area contributed by atoms with Crippen molar-refractivity contribution in [2.45, 2.75) is 19.3 Å². The number of fused-ring (bicyclic) bond motifs is 2. The second-order valence-corrected chi connectivity index (χ2v) is 3.74. The Morgan fingerprint density at radius 1 is 1.50 bits per heavy atom. The number of rotatable bonds is 1. The van der Waals surface area contributed by atoms with Crippen LogP contribution < -0.4 is 0 Å². The lowest BCUT2D eigenvalue weighted by atomic mass is 9.88. The number of ketones is 1. The van der Waals surface area contributed by atoms with Gasteiger partial charge in [0.1, 0.15) is 5.78 Å². The fourth-order valence-corrected chi connectivity index (χ4v) is 2.51. The summed E-state index contributed by atoms with van der Waals surface area (Å²) in [5.74, 6) is 0.396. The van der Waals surface area contributed by atoms with Crippen LogP contribution in [-0.4, -0.2) is 18.9 Å². The van der Waals surface area contributed by atoms with Crippen LogP contribution in [0.25, 0.3) is 0 Å². The van der Waals surface area contributed by atoms with Crippen LogP contribution in [0.4, 0.5) is 0 Å². The standard InChI is InChI=1S/C9H12O3/c1-12-9(11)7-3-5-2-6(7)8(10)4-5/h5-7H,2-4H2,1H3/t5-,6-,7+/m0/s1. The molecule has 2 saturated carbocycles. The lowest BCUT2D eigenvalue weighted by Crippen LogP contribution is -2.27. The van der Waals surface area contributed by atoms with Crippen LogP contribution in [0.2, 0.25) is 0 Å². The van der Waals surface area contributed by atoms with Gasteiger partial charge in [-0.05, 0) is 18.8 Å². The largest absolute Gasteiger partial charge is 0.469 e. The molecule has 12 heavy (non-hydrogen) atoms. The Bertz CT molecular complexity index is 234. The fourth-order valence-electron chi connectivity index (χ4n) is 2.51. The SMILES string of the molecule is COC(=O)[C@@H]1C[C@H]2CC(=O)[C@H]1C2. The van der Waals surface area contributed by atoms with Gasteiger partial charge < -0.3 is 4.74 Å². The molecular weight excluding hydrogens is 156 g/mol. The van der Waals surface area contributed by atoms with E-state index in [0.29, 0.717) is 12.3 Å². The zero-order valence-electron chi connectivity index (χ0n) is 7.08. The molecule has 0 aromatic carbocycles. The third-order valence-electron chi connectivity index (χ3n) is 3.07. The zero-order chi connectivity index (χ0) is 8.72. The van der Waals surface area contributed by atoms with Crippen LogP contribution >= 0.6 is 0 Å². The maximum Gasteiger partial charge on any atom is 0.309 e. The van der Waals surface area contributed by atoms with Crippen LogP contribution in [0.5, 0.6) is 0 Å². The molecule has 0 aromatic rings. The number of Topliss-reactive ketones (excluding diaryl/α,β-unsaturated/α-hetero) is 1. The van der Waals surface area contributed by atoms with Crippen molar-refractivity contribution >= 4 is 11.8 Å². The van der Waals surface area contributed by atoms with E-state index in [4.69, 9.17) is 0 Å². The molecule has 2 aliphatic rings. The van der Waals surface area contributed by atoms with Gasteiger partial charge in [0.25, 0.3) is 0 Å². The first-order valence-corrected chi connectivity index (χ1v) is 4.33. The highest BCUT2D eigenvalue weighted by molar-refractivity contribution is 5.90. The van der Waals surface area contributed by atoms with Gasteiger partial charge >= 0.3 is 5.97 Å². The molecule has 0 saturated heterocycles. The first kappa shape index (κ1) is 7.77. The summed E-state index contributed by atoms with van der Waals surface area (Å²) in [5, 5.41) is 0. The highest BCUT2D eigenvalue weighted by atomic mass is 16.5. The van der Waals surface area contributed by atoms with Crippen LogP contribution in [0.15, 0.2) is 0 Å². The number of hydrogen-bond donors (Lipinski definition) is 0. The van der Waals surface area contributed by atoms with E-state index < -0.39 is 0 Å². The molecule has 2 fully saturated rings.